The van der Waals surface area contributed by atoms with E-state index in [2.05, 4.69) is 21.2 Å². The van der Waals surface area contributed by atoms with Crippen LogP contribution in [0, 0.1) is 11.7 Å². The number of aliphatic hydroxyl groups is 1. The van der Waals surface area contributed by atoms with E-state index in [0.717, 1.165) is 11.1 Å². The van der Waals surface area contributed by atoms with Crippen molar-refractivity contribution in [1.29, 1.82) is 0 Å². The highest BCUT2D eigenvalue weighted by Crippen LogP contribution is 2.17. The Kier molecular flexibility index (Phi) is 6.90. The molecule has 0 aliphatic rings. The van der Waals surface area contributed by atoms with E-state index in [-0.39, 0.29) is 23.9 Å². The zero-order chi connectivity index (χ0) is 17.5. The molecule has 2 rings (SSSR count). The molecule has 128 valence electrons. The molecule has 1 unspecified atom stereocenters. The lowest BCUT2D eigenvalue weighted by molar-refractivity contribution is 0.0697. The van der Waals surface area contributed by atoms with Crippen LogP contribution in [0.3, 0.4) is 0 Å². The largest absolute Gasteiger partial charge is 0.478 e. The summed E-state index contributed by atoms with van der Waals surface area (Å²) in [5.74, 6) is -1.28. The fourth-order valence-corrected chi connectivity index (χ4v) is 2.96. The molecule has 0 saturated heterocycles. The summed E-state index contributed by atoms with van der Waals surface area (Å²) in [5, 5.41) is 21.6. The summed E-state index contributed by atoms with van der Waals surface area (Å²) in [4.78, 5) is 10.8. The van der Waals surface area contributed by atoms with Crippen molar-refractivity contribution in [2.75, 3.05) is 13.2 Å². The summed E-state index contributed by atoms with van der Waals surface area (Å²) in [7, 11) is 0. The molecule has 6 heteroatoms. The second-order valence-electron chi connectivity index (χ2n) is 5.66. The fourth-order valence-electron chi connectivity index (χ4n) is 2.45. The standard InChI is InChI=1S/C18H19BrFNO3/c19-16-6-13(7-17(20)8-16)5-14(11-22)10-21-9-12-1-3-15(4-2-12)18(23)24/h1-4,6-8,14,21-22H,5,9-11H2,(H,23,24). The highest BCUT2D eigenvalue weighted by Gasteiger charge is 2.10. The van der Waals surface area contributed by atoms with Crippen molar-refractivity contribution in [1.82, 2.24) is 5.32 Å². The zero-order valence-electron chi connectivity index (χ0n) is 13.0. The number of carboxylic acids is 1. The summed E-state index contributed by atoms with van der Waals surface area (Å²) in [6, 6.07) is 11.4. The van der Waals surface area contributed by atoms with Gasteiger partial charge in [0.1, 0.15) is 5.82 Å². The number of carbonyl (C=O) groups is 1. The predicted molar refractivity (Wildman–Crippen MR) is 93.5 cm³/mol. The van der Waals surface area contributed by atoms with E-state index in [1.807, 2.05) is 6.07 Å². The summed E-state index contributed by atoms with van der Waals surface area (Å²) in [6.45, 7) is 1.15. The lowest BCUT2D eigenvalue weighted by Crippen LogP contribution is -2.26. The van der Waals surface area contributed by atoms with Crippen LogP contribution in [-0.2, 0) is 13.0 Å². The molecule has 2 aromatic carbocycles. The minimum absolute atomic E-state index is 0.000908. The van der Waals surface area contributed by atoms with E-state index >= 15 is 0 Å². The van der Waals surface area contributed by atoms with Crippen LogP contribution in [-0.4, -0.2) is 29.3 Å². The van der Waals surface area contributed by atoms with Crippen LogP contribution < -0.4 is 5.32 Å². The molecule has 1 atom stereocenters. The first-order valence-corrected chi connectivity index (χ1v) is 8.36. The van der Waals surface area contributed by atoms with Gasteiger partial charge in [-0.05, 0) is 53.8 Å². The second kappa shape index (κ2) is 8.92. The molecule has 3 N–H and O–H groups in total. The van der Waals surface area contributed by atoms with E-state index in [1.54, 1.807) is 24.3 Å². The molecule has 0 heterocycles. The number of halogens is 2. The van der Waals surface area contributed by atoms with Crippen LogP contribution in [0.15, 0.2) is 46.9 Å². The van der Waals surface area contributed by atoms with Gasteiger partial charge in [-0.1, -0.05) is 28.1 Å². The topological polar surface area (TPSA) is 69.6 Å². The van der Waals surface area contributed by atoms with E-state index in [9.17, 15) is 14.3 Å². The predicted octanol–water partition coefficient (Wildman–Crippen LogP) is 3.23. The molecule has 0 saturated carbocycles. The molecule has 0 radical (unpaired) electrons. The monoisotopic (exact) mass is 395 g/mol. The number of aliphatic hydroxyl groups excluding tert-OH is 1. The Morgan fingerprint density at radius 2 is 1.88 bits per heavy atom. The average Bonchev–Trinajstić information content (AvgIpc) is 2.53. The maximum atomic E-state index is 13.4. The van der Waals surface area contributed by atoms with Crippen LogP contribution in [0.4, 0.5) is 4.39 Å². The van der Waals surface area contributed by atoms with Crippen LogP contribution in [0.2, 0.25) is 0 Å². The number of nitrogens with one attached hydrogen (secondary N) is 1. The quantitative estimate of drug-likeness (QED) is 0.641. The van der Waals surface area contributed by atoms with Crippen LogP contribution in [0.5, 0.6) is 0 Å². The van der Waals surface area contributed by atoms with Gasteiger partial charge in [-0.3, -0.25) is 0 Å². The summed E-state index contributed by atoms with van der Waals surface area (Å²) in [6.07, 6.45) is 0.567. The first-order chi connectivity index (χ1) is 11.5. The summed E-state index contributed by atoms with van der Waals surface area (Å²) >= 11 is 3.26. The molecule has 0 bridgehead atoms. The Bertz CT molecular complexity index is 671. The first kappa shape index (κ1) is 18.6. The minimum atomic E-state index is -0.948. The van der Waals surface area contributed by atoms with Crippen molar-refractivity contribution in [2.24, 2.45) is 5.92 Å². The molecule has 0 amide bonds. The van der Waals surface area contributed by atoms with Crippen molar-refractivity contribution in [3.05, 3.63) is 69.4 Å². The van der Waals surface area contributed by atoms with Gasteiger partial charge in [-0.15, -0.1) is 0 Å². The highest BCUT2D eigenvalue weighted by molar-refractivity contribution is 9.10. The first-order valence-electron chi connectivity index (χ1n) is 7.56. The smallest absolute Gasteiger partial charge is 0.335 e. The third-order valence-corrected chi connectivity index (χ3v) is 4.13. The number of benzene rings is 2. The van der Waals surface area contributed by atoms with Gasteiger partial charge < -0.3 is 15.5 Å². The van der Waals surface area contributed by atoms with E-state index in [4.69, 9.17) is 5.11 Å². The van der Waals surface area contributed by atoms with E-state index in [0.29, 0.717) is 24.0 Å². The fraction of sp³-hybridized carbons (Fsp3) is 0.278. The lowest BCUT2D eigenvalue weighted by atomic mass is 10.00. The molecule has 0 aliphatic carbocycles. The van der Waals surface area contributed by atoms with Crippen molar-refractivity contribution >= 4 is 21.9 Å². The summed E-state index contributed by atoms with van der Waals surface area (Å²) in [5.41, 5.74) is 2.04. The number of aromatic carboxylic acids is 1. The maximum absolute atomic E-state index is 13.4. The van der Waals surface area contributed by atoms with Gasteiger partial charge in [-0.25, -0.2) is 9.18 Å². The van der Waals surface area contributed by atoms with Gasteiger partial charge in [0.15, 0.2) is 0 Å². The Labute approximate surface area is 148 Å². The highest BCUT2D eigenvalue weighted by atomic mass is 79.9. The molecule has 2 aromatic rings. The third kappa shape index (κ3) is 5.70. The maximum Gasteiger partial charge on any atom is 0.335 e. The zero-order valence-corrected chi connectivity index (χ0v) is 14.6. The molecule has 24 heavy (non-hydrogen) atoms. The van der Waals surface area contributed by atoms with Crippen LogP contribution in [0.1, 0.15) is 21.5 Å². The Morgan fingerprint density at radius 3 is 2.46 bits per heavy atom. The Balaban J connectivity index is 1.85. The Hall–Kier alpha value is -1.76. The Morgan fingerprint density at radius 1 is 1.17 bits per heavy atom. The van der Waals surface area contributed by atoms with Crippen molar-refractivity contribution in [3.63, 3.8) is 0 Å². The minimum Gasteiger partial charge on any atom is -0.478 e. The van der Waals surface area contributed by atoms with Crippen molar-refractivity contribution in [2.45, 2.75) is 13.0 Å². The normalized spacial score (nSPS) is 12.1. The molecular formula is C18H19BrFNO3. The van der Waals surface area contributed by atoms with Gasteiger partial charge in [0, 0.05) is 24.2 Å². The number of hydrogen-bond acceptors (Lipinski definition) is 3. The summed E-state index contributed by atoms with van der Waals surface area (Å²) < 4.78 is 14.1. The van der Waals surface area contributed by atoms with Gasteiger partial charge in [-0.2, -0.15) is 0 Å². The van der Waals surface area contributed by atoms with Crippen LogP contribution in [0.25, 0.3) is 0 Å². The molecule has 4 nitrogen and oxygen atoms in total. The third-order valence-electron chi connectivity index (χ3n) is 3.67. The van der Waals surface area contributed by atoms with Crippen molar-refractivity contribution < 1.29 is 19.4 Å². The number of hydrogen-bond donors (Lipinski definition) is 3. The van der Waals surface area contributed by atoms with Gasteiger partial charge >= 0.3 is 5.97 Å². The van der Waals surface area contributed by atoms with Crippen molar-refractivity contribution in [3.8, 4) is 0 Å². The van der Waals surface area contributed by atoms with Gasteiger partial charge in [0.05, 0.1) is 5.56 Å². The van der Waals surface area contributed by atoms with Crippen LogP contribution >= 0.6 is 15.9 Å². The SMILES string of the molecule is O=C(O)c1ccc(CNCC(CO)Cc2cc(F)cc(Br)c2)cc1. The van der Waals surface area contributed by atoms with E-state index < -0.39 is 5.97 Å². The number of carboxylic acid groups (broad SMARTS) is 1. The molecule has 0 aromatic heterocycles. The average molecular weight is 396 g/mol. The molecule has 0 fully saturated rings. The second-order valence-corrected chi connectivity index (χ2v) is 6.58. The molecule has 0 aliphatic heterocycles. The number of rotatable bonds is 8. The molecule has 0 spiro atoms. The lowest BCUT2D eigenvalue weighted by Gasteiger charge is -2.15. The molecular weight excluding hydrogens is 377 g/mol. The van der Waals surface area contributed by atoms with Gasteiger partial charge in [0.2, 0.25) is 0 Å². The van der Waals surface area contributed by atoms with E-state index in [1.165, 1.54) is 12.1 Å². The van der Waals surface area contributed by atoms with Gasteiger partial charge in [0.25, 0.3) is 0 Å².